The van der Waals surface area contributed by atoms with Crippen molar-refractivity contribution >= 4 is 35.8 Å². The van der Waals surface area contributed by atoms with Gasteiger partial charge < -0.3 is 24.6 Å². The molecule has 4 rings (SSSR count). The number of carbonyl (C=O) groups excluding carboxylic acids is 1. The Morgan fingerprint density at radius 2 is 1.94 bits per heavy atom. The van der Waals surface area contributed by atoms with Crippen LogP contribution in [0.1, 0.15) is 43.7 Å². The van der Waals surface area contributed by atoms with Crippen molar-refractivity contribution in [1.29, 1.82) is 0 Å². The second-order valence-electron chi connectivity index (χ2n) is 8.58. The average Bonchev–Trinajstić information content (AvgIpc) is 3.36. The first kappa shape index (κ1) is 25.2. The number of benzene rings is 1. The van der Waals surface area contributed by atoms with E-state index in [2.05, 4.69) is 41.4 Å². The molecule has 0 saturated carbocycles. The van der Waals surface area contributed by atoms with E-state index in [1.807, 2.05) is 4.90 Å². The van der Waals surface area contributed by atoms with Crippen LogP contribution in [-0.2, 0) is 27.2 Å². The van der Waals surface area contributed by atoms with Crippen LogP contribution in [0, 0.1) is 0 Å². The number of morpholine rings is 1. The third kappa shape index (κ3) is 6.57. The smallest absolute Gasteiger partial charge is 0.222 e. The molecule has 7 nitrogen and oxygen atoms in total. The Morgan fingerprint density at radius 1 is 1.12 bits per heavy atom. The SMILES string of the molecule is CCNC(=NCCCC(=O)N1CCc2ccccc2C1)N1CCOC(C2CCCO2)C1.I. The van der Waals surface area contributed by atoms with Crippen LogP contribution in [0.5, 0.6) is 0 Å². The molecule has 1 aromatic rings. The summed E-state index contributed by atoms with van der Waals surface area (Å²) in [5, 5.41) is 3.41. The Labute approximate surface area is 208 Å². The number of nitrogens with one attached hydrogen (secondary N) is 1. The van der Waals surface area contributed by atoms with Crippen LogP contribution >= 0.6 is 24.0 Å². The molecule has 1 amide bonds. The Balaban J connectivity index is 0.00000289. The molecule has 3 aliphatic rings. The Kier molecular flexibility index (Phi) is 10.1. The van der Waals surface area contributed by atoms with Gasteiger partial charge in [0.15, 0.2) is 5.96 Å². The molecule has 2 fully saturated rings. The highest BCUT2D eigenvalue weighted by atomic mass is 127. The summed E-state index contributed by atoms with van der Waals surface area (Å²) in [7, 11) is 0. The van der Waals surface area contributed by atoms with Crippen molar-refractivity contribution in [2.45, 2.75) is 57.8 Å². The summed E-state index contributed by atoms with van der Waals surface area (Å²) >= 11 is 0. The Bertz CT molecular complexity index is 769. The summed E-state index contributed by atoms with van der Waals surface area (Å²) in [5.74, 6) is 1.16. The van der Waals surface area contributed by atoms with E-state index in [9.17, 15) is 4.79 Å². The summed E-state index contributed by atoms with van der Waals surface area (Å²) in [4.78, 5) is 21.8. The van der Waals surface area contributed by atoms with Gasteiger partial charge in [-0.2, -0.15) is 0 Å². The van der Waals surface area contributed by atoms with Gasteiger partial charge in [0.05, 0.1) is 12.7 Å². The predicted molar refractivity (Wildman–Crippen MR) is 136 cm³/mol. The topological polar surface area (TPSA) is 66.4 Å². The van der Waals surface area contributed by atoms with E-state index >= 15 is 0 Å². The second kappa shape index (κ2) is 12.7. The Morgan fingerprint density at radius 3 is 2.72 bits per heavy atom. The van der Waals surface area contributed by atoms with Gasteiger partial charge in [-0.05, 0) is 43.7 Å². The van der Waals surface area contributed by atoms with Crippen LogP contribution in [0.25, 0.3) is 0 Å². The zero-order valence-electron chi connectivity index (χ0n) is 19.1. The second-order valence-corrected chi connectivity index (χ2v) is 8.58. The number of ether oxygens (including phenoxy) is 2. The summed E-state index contributed by atoms with van der Waals surface area (Å²) in [6.07, 6.45) is 4.79. The van der Waals surface area contributed by atoms with Crippen molar-refractivity contribution in [3.8, 4) is 0 Å². The average molecular weight is 556 g/mol. The fraction of sp³-hybridized carbons (Fsp3) is 0.667. The van der Waals surface area contributed by atoms with Crippen molar-refractivity contribution < 1.29 is 14.3 Å². The molecule has 0 bridgehead atoms. The van der Waals surface area contributed by atoms with E-state index in [1.54, 1.807) is 0 Å². The van der Waals surface area contributed by atoms with E-state index in [0.29, 0.717) is 19.6 Å². The van der Waals surface area contributed by atoms with Crippen LogP contribution in [0.15, 0.2) is 29.3 Å². The van der Waals surface area contributed by atoms with E-state index in [1.165, 1.54) is 11.1 Å². The van der Waals surface area contributed by atoms with Crippen LogP contribution in [0.4, 0.5) is 0 Å². The first-order chi connectivity index (χ1) is 15.2. The van der Waals surface area contributed by atoms with Gasteiger partial charge in [-0.1, -0.05) is 24.3 Å². The van der Waals surface area contributed by atoms with Gasteiger partial charge in [0.1, 0.15) is 6.10 Å². The molecule has 3 aliphatic heterocycles. The molecule has 0 aliphatic carbocycles. The van der Waals surface area contributed by atoms with Crippen LogP contribution in [0.3, 0.4) is 0 Å². The minimum atomic E-state index is 0. The number of hydrogen-bond donors (Lipinski definition) is 1. The van der Waals surface area contributed by atoms with Crippen LogP contribution in [-0.4, -0.2) is 79.8 Å². The van der Waals surface area contributed by atoms with Crippen molar-refractivity contribution in [3.63, 3.8) is 0 Å². The molecule has 1 N–H and O–H groups in total. The lowest BCUT2D eigenvalue weighted by atomic mass is 9.99. The van der Waals surface area contributed by atoms with E-state index in [4.69, 9.17) is 14.5 Å². The molecule has 2 saturated heterocycles. The van der Waals surface area contributed by atoms with Gasteiger partial charge in [-0.25, -0.2) is 0 Å². The third-order valence-electron chi connectivity index (χ3n) is 6.40. The van der Waals surface area contributed by atoms with Gasteiger partial charge in [-0.15, -0.1) is 24.0 Å². The van der Waals surface area contributed by atoms with Gasteiger partial charge in [0.25, 0.3) is 0 Å². The number of nitrogens with zero attached hydrogens (tertiary/aromatic N) is 3. The molecular weight excluding hydrogens is 519 g/mol. The highest BCUT2D eigenvalue weighted by Crippen LogP contribution is 2.21. The first-order valence-electron chi connectivity index (χ1n) is 11.9. The monoisotopic (exact) mass is 556 g/mol. The maximum atomic E-state index is 12.7. The van der Waals surface area contributed by atoms with Crippen LogP contribution < -0.4 is 5.32 Å². The van der Waals surface area contributed by atoms with E-state index < -0.39 is 0 Å². The van der Waals surface area contributed by atoms with Crippen molar-refractivity contribution in [3.05, 3.63) is 35.4 Å². The number of fused-ring (bicyclic) bond motifs is 1. The van der Waals surface area contributed by atoms with Crippen molar-refractivity contribution in [1.82, 2.24) is 15.1 Å². The maximum absolute atomic E-state index is 12.7. The number of carbonyl (C=O) groups is 1. The standard InChI is InChI=1S/C24H36N4O3.HI/c1-2-25-24(28-14-16-31-22(18-28)21-9-6-15-30-21)26-12-5-10-23(29)27-13-11-19-7-3-4-8-20(19)17-27;/h3-4,7-8,21-22H,2,5-6,9-18H2,1H3,(H,25,26);1H. The minimum absolute atomic E-state index is 0. The fourth-order valence-electron chi connectivity index (χ4n) is 4.70. The van der Waals surface area contributed by atoms with Gasteiger partial charge in [0.2, 0.25) is 5.91 Å². The zero-order valence-corrected chi connectivity index (χ0v) is 21.5. The summed E-state index contributed by atoms with van der Waals surface area (Å²) in [5.41, 5.74) is 2.65. The number of amides is 1. The van der Waals surface area contributed by atoms with Gasteiger partial charge >= 0.3 is 0 Å². The lowest BCUT2D eigenvalue weighted by molar-refractivity contribution is -0.132. The van der Waals surface area contributed by atoms with Gasteiger partial charge in [-0.3, -0.25) is 9.79 Å². The number of aliphatic imine (C=N–C) groups is 1. The lowest BCUT2D eigenvalue weighted by Gasteiger charge is -2.37. The minimum Gasteiger partial charge on any atom is -0.375 e. The Hall–Kier alpha value is -1.39. The predicted octanol–water partition coefficient (Wildman–Crippen LogP) is 2.81. The number of rotatable bonds is 6. The molecular formula is C24H37IN4O3. The fourth-order valence-corrected chi connectivity index (χ4v) is 4.70. The molecule has 0 aromatic heterocycles. The van der Waals surface area contributed by atoms with Gasteiger partial charge in [0, 0.05) is 52.3 Å². The van der Waals surface area contributed by atoms with Crippen LogP contribution in [0.2, 0.25) is 0 Å². The van der Waals surface area contributed by atoms with Crippen molar-refractivity contribution in [2.75, 3.05) is 45.9 Å². The molecule has 32 heavy (non-hydrogen) atoms. The molecule has 3 heterocycles. The maximum Gasteiger partial charge on any atom is 0.222 e. The number of guanidine groups is 1. The molecule has 8 heteroatoms. The summed E-state index contributed by atoms with van der Waals surface area (Å²) in [6, 6.07) is 8.43. The molecule has 2 atom stereocenters. The molecule has 2 unspecified atom stereocenters. The summed E-state index contributed by atoms with van der Waals surface area (Å²) < 4.78 is 11.8. The lowest BCUT2D eigenvalue weighted by Crippen LogP contribution is -2.53. The highest BCUT2D eigenvalue weighted by Gasteiger charge is 2.32. The number of hydrogen-bond acceptors (Lipinski definition) is 4. The molecule has 0 radical (unpaired) electrons. The molecule has 178 valence electrons. The number of halogens is 1. The molecule has 0 spiro atoms. The normalized spacial score (nSPS) is 23.5. The quantitative estimate of drug-likeness (QED) is 0.253. The zero-order chi connectivity index (χ0) is 21.5. The summed E-state index contributed by atoms with van der Waals surface area (Å²) in [6.45, 7) is 8.31. The molecule has 1 aromatic carbocycles. The third-order valence-corrected chi connectivity index (χ3v) is 6.40. The first-order valence-corrected chi connectivity index (χ1v) is 11.9. The largest absolute Gasteiger partial charge is 0.375 e. The van der Waals surface area contributed by atoms with Crippen molar-refractivity contribution in [2.24, 2.45) is 4.99 Å². The van der Waals surface area contributed by atoms with E-state index in [0.717, 1.165) is 71.0 Å². The van der Waals surface area contributed by atoms with E-state index in [-0.39, 0.29) is 42.1 Å². The highest BCUT2D eigenvalue weighted by molar-refractivity contribution is 14.0.